The Labute approximate surface area is 88.8 Å². The molecule has 3 N–H and O–H groups in total. The second-order valence-corrected chi connectivity index (χ2v) is 3.92. The van der Waals surface area contributed by atoms with Gasteiger partial charge >= 0.3 is 0 Å². The summed E-state index contributed by atoms with van der Waals surface area (Å²) in [5.41, 5.74) is 2.06. The van der Waals surface area contributed by atoms with Gasteiger partial charge in [0.05, 0.1) is 7.11 Å². The number of nitrogens with zero attached hydrogens (tertiary/aromatic N) is 2. The third-order valence-electron chi connectivity index (χ3n) is 1.51. The Kier molecular flexibility index (Phi) is 3.31. The van der Waals surface area contributed by atoms with Gasteiger partial charge in [-0.3, -0.25) is 0 Å². The summed E-state index contributed by atoms with van der Waals surface area (Å²) < 4.78 is 10.7. The minimum Gasteiger partial charge on any atom is -0.489 e. The molecule has 84 valence electrons. The number of ether oxygens (including phenoxy) is 2. The number of methoxy groups -OCH3 is 1. The van der Waals surface area contributed by atoms with E-state index in [9.17, 15) is 0 Å². The van der Waals surface area contributed by atoms with Crippen molar-refractivity contribution in [2.24, 2.45) is 5.84 Å². The highest BCUT2D eigenvalue weighted by Crippen LogP contribution is 2.32. The molecule has 0 aromatic carbocycles. The molecule has 0 aliphatic rings. The molecule has 0 aliphatic heterocycles. The quantitative estimate of drug-likeness (QED) is 0.573. The molecule has 1 rings (SSSR count). The van der Waals surface area contributed by atoms with Gasteiger partial charge in [-0.1, -0.05) is 0 Å². The van der Waals surface area contributed by atoms with Crippen LogP contribution in [-0.2, 0) is 0 Å². The summed E-state index contributed by atoms with van der Waals surface area (Å²) in [6, 6.07) is 0. The first-order valence-corrected chi connectivity index (χ1v) is 4.52. The maximum atomic E-state index is 5.59. The monoisotopic (exact) mass is 212 g/mol. The highest BCUT2D eigenvalue weighted by atomic mass is 16.5. The zero-order valence-electron chi connectivity index (χ0n) is 9.37. The average Bonchev–Trinajstić information content (AvgIpc) is 2.15. The summed E-state index contributed by atoms with van der Waals surface area (Å²) in [4.78, 5) is 7.90. The fourth-order valence-electron chi connectivity index (χ4n) is 1.01. The minimum atomic E-state index is -0.354. The molecular formula is C9H16N4O2. The van der Waals surface area contributed by atoms with Crippen LogP contribution < -0.4 is 20.7 Å². The van der Waals surface area contributed by atoms with E-state index in [1.807, 2.05) is 20.8 Å². The summed E-state index contributed by atoms with van der Waals surface area (Å²) in [7, 11) is 1.51. The normalized spacial score (nSPS) is 11.0. The Morgan fingerprint density at radius 3 is 2.47 bits per heavy atom. The SMILES string of the molecule is COc1c(NN)ncnc1OC(C)(C)C. The average molecular weight is 212 g/mol. The van der Waals surface area contributed by atoms with Crippen LogP contribution in [0.25, 0.3) is 0 Å². The van der Waals surface area contributed by atoms with Crippen molar-refractivity contribution in [3.05, 3.63) is 6.33 Å². The predicted octanol–water partition coefficient (Wildman–Crippen LogP) is 0.948. The lowest BCUT2D eigenvalue weighted by atomic mass is 10.2. The Morgan fingerprint density at radius 1 is 1.33 bits per heavy atom. The maximum absolute atomic E-state index is 5.59. The van der Waals surface area contributed by atoms with Crippen molar-refractivity contribution in [1.29, 1.82) is 0 Å². The number of anilines is 1. The van der Waals surface area contributed by atoms with E-state index in [0.29, 0.717) is 17.4 Å². The lowest BCUT2D eigenvalue weighted by Gasteiger charge is -2.21. The van der Waals surface area contributed by atoms with Crippen molar-refractivity contribution in [2.75, 3.05) is 12.5 Å². The van der Waals surface area contributed by atoms with Gasteiger partial charge in [0.15, 0.2) is 5.82 Å². The lowest BCUT2D eigenvalue weighted by Crippen LogP contribution is -2.24. The van der Waals surface area contributed by atoms with E-state index in [1.165, 1.54) is 13.4 Å². The van der Waals surface area contributed by atoms with Crippen molar-refractivity contribution < 1.29 is 9.47 Å². The number of nitrogens with one attached hydrogen (secondary N) is 1. The van der Waals surface area contributed by atoms with E-state index in [-0.39, 0.29) is 5.60 Å². The molecule has 0 spiro atoms. The van der Waals surface area contributed by atoms with Gasteiger partial charge in [-0.05, 0) is 20.8 Å². The minimum absolute atomic E-state index is 0.354. The summed E-state index contributed by atoms with van der Waals surface area (Å²) in [6.45, 7) is 5.76. The van der Waals surface area contributed by atoms with E-state index in [0.717, 1.165) is 0 Å². The smallest absolute Gasteiger partial charge is 0.263 e. The predicted molar refractivity (Wildman–Crippen MR) is 56.8 cm³/mol. The van der Waals surface area contributed by atoms with Crippen molar-refractivity contribution in [3.63, 3.8) is 0 Å². The van der Waals surface area contributed by atoms with E-state index in [4.69, 9.17) is 15.3 Å². The summed E-state index contributed by atoms with van der Waals surface area (Å²) in [6.07, 6.45) is 1.36. The molecule has 15 heavy (non-hydrogen) atoms. The largest absolute Gasteiger partial charge is 0.489 e. The standard InChI is InChI=1S/C9H16N4O2/c1-9(2,3)15-8-6(14-4)7(13-10)11-5-12-8/h5H,10H2,1-4H3,(H,11,12,13). The lowest BCUT2D eigenvalue weighted by molar-refractivity contribution is 0.118. The van der Waals surface area contributed by atoms with E-state index < -0.39 is 0 Å². The van der Waals surface area contributed by atoms with Crippen molar-refractivity contribution in [2.45, 2.75) is 26.4 Å². The molecule has 6 heteroatoms. The van der Waals surface area contributed by atoms with Gasteiger partial charge in [-0.25, -0.2) is 10.8 Å². The second kappa shape index (κ2) is 4.31. The van der Waals surface area contributed by atoms with Crippen LogP contribution in [0.3, 0.4) is 0 Å². The van der Waals surface area contributed by atoms with Crippen LogP contribution in [-0.4, -0.2) is 22.7 Å². The molecule has 6 nitrogen and oxygen atoms in total. The molecule has 1 aromatic rings. The fraction of sp³-hybridized carbons (Fsp3) is 0.556. The molecule has 1 heterocycles. The van der Waals surface area contributed by atoms with Gasteiger partial charge in [0, 0.05) is 0 Å². The Bertz CT molecular complexity index is 335. The number of rotatable bonds is 3. The number of hydrogen-bond acceptors (Lipinski definition) is 6. The number of hydrazine groups is 1. The van der Waals surface area contributed by atoms with Crippen LogP contribution in [0, 0.1) is 0 Å². The maximum Gasteiger partial charge on any atom is 0.263 e. The van der Waals surface area contributed by atoms with Gasteiger partial charge in [-0.2, -0.15) is 4.98 Å². The van der Waals surface area contributed by atoms with Crippen LogP contribution >= 0.6 is 0 Å². The molecule has 0 fully saturated rings. The van der Waals surface area contributed by atoms with Crippen molar-refractivity contribution in [1.82, 2.24) is 9.97 Å². The molecule has 0 unspecified atom stereocenters. The molecule has 0 radical (unpaired) electrons. The third kappa shape index (κ3) is 2.95. The van der Waals surface area contributed by atoms with Crippen molar-refractivity contribution >= 4 is 5.82 Å². The zero-order chi connectivity index (χ0) is 11.5. The van der Waals surface area contributed by atoms with E-state index in [1.54, 1.807) is 0 Å². The van der Waals surface area contributed by atoms with Crippen LogP contribution in [0.1, 0.15) is 20.8 Å². The molecule has 0 saturated heterocycles. The second-order valence-electron chi connectivity index (χ2n) is 3.92. The zero-order valence-corrected chi connectivity index (χ0v) is 9.37. The first-order chi connectivity index (χ1) is 6.98. The summed E-state index contributed by atoms with van der Waals surface area (Å²) in [5.74, 6) is 6.44. The van der Waals surface area contributed by atoms with Crippen LogP contribution in [0.2, 0.25) is 0 Å². The first kappa shape index (κ1) is 11.5. The molecule has 0 amide bonds. The Balaban J connectivity index is 3.06. The third-order valence-corrected chi connectivity index (χ3v) is 1.51. The highest BCUT2D eigenvalue weighted by Gasteiger charge is 2.19. The van der Waals surface area contributed by atoms with Crippen LogP contribution in [0.4, 0.5) is 5.82 Å². The molecule has 0 atom stereocenters. The van der Waals surface area contributed by atoms with Gasteiger partial charge in [-0.15, -0.1) is 0 Å². The molecular weight excluding hydrogens is 196 g/mol. The van der Waals surface area contributed by atoms with Gasteiger partial charge in [0.25, 0.3) is 5.88 Å². The molecule has 1 aromatic heterocycles. The Hall–Kier alpha value is -1.56. The number of nitrogen functional groups attached to an aromatic ring is 1. The first-order valence-electron chi connectivity index (χ1n) is 4.52. The molecule has 0 aliphatic carbocycles. The van der Waals surface area contributed by atoms with Crippen molar-refractivity contribution in [3.8, 4) is 11.6 Å². The molecule has 0 saturated carbocycles. The summed E-state index contributed by atoms with van der Waals surface area (Å²) >= 11 is 0. The van der Waals surface area contributed by atoms with E-state index >= 15 is 0 Å². The number of nitrogens with two attached hydrogens (primary N) is 1. The van der Waals surface area contributed by atoms with Crippen LogP contribution in [0.5, 0.6) is 11.6 Å². The molecule has 0 bridgehead atoms. The fourth-order valence-corrected chi connectivity index (χ4v) is 1.01. The Morgan fingerprint density at radius 2 is 2.00 bits per heavy atom. The van der Waals surface area contributed by atoms with Gasteiger partial charge in [0.2, 0.25) is 5.75 Å². The van der Waals surface area contributed by atoms with Gasteiger partial charge < -0.3 is 14.9 Å². The topological polar surface area (TPSA) is 82.3 Å². The number of aromatic nitrogens is 2. The van der Waals surface area contributed by atoms with Gasteiger partial charge in [0.1, 0.15) is 11.9 Å². The number of hydrogen-bond donors (Lipinski definition) is 2. The van der Waals surface area contributed by atoms with E-state index in [2.05, 4.69) is 15.4 Å². The highest BCUT2D eigenvalue weighted by molar-refractivity contribution is 5.54. The van der Waals surface area contributed by atoms with Crippen LogP contribution in [0.15, 0.2) is 6.33 Å². The summed E-state index contributed by atoms with van der Waals surface area (Å²) in [5, 5.41) is 0.